The van der Waals surface area contributed by atoms with Crippen molar-refractivity contribution >= 4 is 0 Å². The van der Waals surface area contributed by atoms with Crippen LogP contribution in [0.4, 0.5) is 13.2 Å². The van der Waals surface area contributed by atoms with Gasteiger partial charge in [0, 0.05) is 5.92 Å². The molecule has 0 saturated heterocycles. The van der Waals surface area contributed by atoms with Gasteiger partial charge in [0.05, 0.1) is 6.10 Å². The van der Waals surface area contributed by atoms with Crippen LogP contribution in [0.15, 0.2) is 0 Å². The minimum atomic E-state index is -4.47. The molecule has 1 saturated carbocycles. The van der Waals surface area contributed by atoms with Gasteiger partial charge in [-0.3, -0.25) is 4.74 Å². The second-order valence-corrected chi connectivity index (χ2v) is 2.44. The summed E-state index contributed by atoms with van der Waals surface area (Å²) in [6, 6.07) is 0. The molecular weight excluding hydrogens is 145 g/mol. The normalized spacial score (nSPS) is 28.2. The first-order chi connectivity index (χ1) is 4.49. The average Bonchev–Trinajstić information content (AvgIpc) is 1.78. The molecule has 4 heteroatoms. The van der Waals surface area contributed by atoms with Gasteiger partial charge in [-0.2, -0.15) is 0 Å². The summed E-state index contributed by atoms with van der Waals surface area (Å²) in [4.78, 5) is 0. The Morgan fingerprint density at radius 1 is 1.50 bits per heavy atom. The zero-order chi connectivity index (χ0) is 7.78. The van der Waals surface area contributed by atoms with Crippen molar-refractivity contribution in [2.75, 3.05) is 0 Å². The molecule has 0 bridgehead atoms. The first kappa shape index (κ1) is 7.85. The van der Waals surface area contributed by atoms with E-state index in [1.54, 1.807) is 6.92 Å². The van der Waals surface area contributed by atoms with Crippen LogP contribution < -0.4 is 0 Å². The van der Waals surface area contributed by atoms with Gasteiger partial charge in [0.25, 0.3) is 0 Å². The molecule has 1 rings (SSSR count). The van der Waals surface area contributed by atoms with Crippen LogP contribution in [0.2, 0.25) is 0 Å². The third-order valence-corrected chi connectivity index (χ3v) is 1.63. The maximum Gasteiger partial charge on any atom is 0.522 e. The van der Waals surface area contributed by atoms with E-state index in [4.69, 9.17) is 0 Å². The molecule has 1 atom stereocenters. The topological polar surface area (TPSA) is 9.23 Å². The van der Waals surface area contributed by atoms with Crippen LogP contribution in [-0.4, -0.2) is 12.5 Å². The Labute approximate surface area is 57.2 Å². The smallest absolute Gasteiger partial charge is 0.288 e. The molecule has 0 amide bonds. The molecule has 0 aliphatic heterocycles. The summed E-state index contributed by atoms with van der Waals surface area (Å²) in [6.45, 7) is 1.68. The lowest BCUT2D eigenvalue weighted by molar-refractivity contribution is -0.346. The van der Waals surface area contributed by atoms with E-state index in [9.17, 15) is 13.2 Å². The lowest BCUT2D eigenvalue weighted by atomic mass is 9.84. The number of halogens is 3. The minimum Gasteiger partial charge on any atom is -0.288 e. The molecule has 0 spiro atoms. The molecule has 1 radical (unpaired) electrons. The summed E-state index contributed by atoms with van der Waals surface area (Å²) in [5.41, 5.74) is 0. The molecule has 0 aromatic rings. The van der Waals surface area contributed by atoms with Crippen LogP contribution in [0.3, 0.4) is 0 Å². The Kier molecular flexibility index (Phi) is 1.90. The fraction of sp³-hybridized carbons (Fsp3) is 0.833. The van der Waals surface area contributed by atoms with Crippen molar-refractivity contribution in [1.29, 1.82) is 0 Å². The molecule has 0 aromatic carbocycles. The van der Waals surface area contributed by atoms with Crippen LogP contribution in [0.25, 0.3) is 0 Å². The summed E-state index contributed by atoms with van der Waals surface area (Å²) < 4.78 is 38.1. The van der Waals surface area contributed by atoms with Crippen molar-refractivity contribution in [1.82, 2.24) is 0 Å². The Hall–Kier alpha value is -0.250. The van der Waals surface area contributed by atoms with Gasteiger partial charge in [-0.25, -0.2) is 0 Å². The zero-order valence-corrected chi connectivity index (χ0v) is 5.53. The molecule has 10 heavy (non-hydrogen) atoms. The van der Waals surface area contributed by atoms with Crippen LogP contribution in [0.1, 0.15) is 19.8 Å². The van der Waals surface area contributed by atoms with Crippen LogP contribution in [0.5, 0.6) is 0 Å². The molecule has 0 heterocycles. The van der Waals surface area contributed by atoms with E-state index in [1.807, 2.05) is 0 Å². The molecule has 0 aromatic heterocycles. The second kappa shape index (κ2) is 2.42. The Bertz CT molecular complexity index is 121. The highest BCUT2D eigenvalue weighted by Gasteiger charge is 2.39. The van der Waals surface area contributed by atoms with Crippen molar-refractivity contribution in [3.05, 3.63) is 5.92 Å². The number of hydrogen-bond acceptors (Lipinski definition) is 1. The SMILES string of the molecule is C[C]1CCC1OC(F)(F)F. The largest absolute Gasteiger partial charge is 0.522 e. The van der Waals surface area contributed by atoms with Gasteiger partial charge in [-0.1, -0.05) is 6.92 Å². The summed E-state index contributed by atoms with van der Waals surface area (Å²) in [5.74, 6) is 0.789. The van der Waals surface area contributed by atoms with Gasteiger partial charge in [0.15, 0.2) is 0 Å². The predicted molar refractivity (Wildman–Crippen MR) is 29.1 cm³/mol. The van der Waals surface area contributed by atoms with Crippen molar-refractivity contribution in [3.8, 4) is 0 Å². The maximum absolute atomic E-state index is 11.5. The number of rotatable bonds is 1. The van der Waals surface area contributed by atoms with Crippen molar-refractivity contribution in [3.63, 3.8) is 0 Å². The van der Waals surface area contributed by atoms with Crippen molar-refractivity contribution in [2.24, 2.45) is 0 Å². The monoisotopic (exact) mass is 153 g/mol. The molecule has 1 nitrogen and oxygen atoms in total. The molecule has 1 aliphatic carbocycles. The maximum atomic E-state index is 11.5. The van der Waals surface area contributed by atoms with Crippen LogP contribution in [0, 0.1) is 5.92 Å². The van der Waals surface area contributed by atoms with Gasteiger partial charge in [-0.15, -0.1) is 13.2 Å². The van der Waals surface area contributed by atoms with Crippen LogP contribution >= 0.6 is 0 Å². The summed E-state index contributed by atoms with van der Waals surface area (Å²) >= 11 is 0. The van der Waals surface area contributed by atoms with Crippen molar-refractivity contribution < 1.29 is 17.9 Å². The number of alkyl halides is 3. The standard InChI is InChI=1S/C6H8F3O/c1-4-2-3-5(4)10-6(7,8)9/h5H,2-3H2,1H3. The highest BCUT2D eigenvalue weighted by molar-refractivity contribution is 5.03. The van der Waals surface area contributed by atoms with Gasteiger partial charge in [0.1, 0.15) is 0 Å². The van der Waals surface area contributed by atoms with E-state index in [-0.39, 0.29) is 0 Å². The first-order valence-electron chi connectivity index (χ1n) is 3.06. The quantitative estimate of drug-likeness (QED) is 0.561. The first-order valence-corrected chi connectivity index (χ1v) is 3.06. The third-order valence-electron chi connectivity index (χ3n) is 1.63. The van der Waals surface area contributed by atoms with Gasteiger partial charge >= 0.3 is 6.36 Å². The van der Waals surface area contributed by atoms with E-state index in [2.05, 4.69) is 4.74 Å². The van der Waals surface area contributed by atoms with E-state index >= 15 is 0 Å². The summed E-state index contributed by atoms with van der Waals surface area (Å²) in [5, 5.41) is 0. The molecule has 1 unspecified atom stereocenters. The Balaban J connectivity index is 2.26. The third kappa shape index (κ3) is 1.87. The molecule has 59 valence electrons. The van der Waals surface area contributed by atoms with E-state index in [1.165, 1.54) is 0 Å². The van der Waals surface area contributed by atoms with Crippen LogP contribution in [-0.2, 0) is 4.74 Å². The highest BCUT2D eigenvalue weighted by atomic mass is 19.4. The fourth-order valence-electron chi connectivity index (χ4n) is 0.872. The molecule has 1 fully saturated rings. The lowest BCUT2D eigenvalue weighted by Gasteiger charge is -2.33. The Morgan fingerprint density at radius 3 is 2.20 bits per heavy atom. The van der Waals surface area contributed by atoms with Gasteiger partial charge in [-0.05, 0) is 12.8 Å². The van der Waals surface area contributed by atoms with E-state index < -0.39 is 12.5 Å². The molecule has 0 N–H and O–H groups in total. The predicted octanol–water partition coefficient (Wildman–Crippen LogP) is 2.28. The number of ether oxygens (including phenoxy) is 1. The van der Waals surface area contributed by atoms with Gasteiger partial charge in [0.2, 0.25) is 0 Å². The molecular formula is C6H8F3O. The summed E-state index contributed by atoms with van der Waals surface area (Å²) in [6.07, 6.45) is -3.86. The highest BCUT2D eigenvalue weighted by Crippen LogP contribution is 2.35. The minimum absolute atomic E-state index is 0.505. The lowest BCUT2D eigenvalue weighted by Crippen LogP contribution is -2.35. The summed E-state index contributed by atoms with van der Waals surface area (Å²) in [7, 11) is 0. The molecule has 1 aliphatic rings. The van der Waals surface area contributed by atoms with Crippen molar-refractivity contribution in [2.45, 2.75) is 32.2 Å². The zero-order valence-electron chi connectivity index (χ0n) is 5.53. The second-order valence-electron chi connectivity index (χ2n) is 2.44. The van der Waals surface area contributed by atoms with E-state index in [0.29, 0.717) is 6.42 Å². The average molecular weight is 153 g/mol. The number of hydrogen-bond donors (Lipinski definition) is 0. The fourth-order valence-corrected chi connectivity index (χ4v) is 0.872. The Morgan fingerprint density at radius 2 is 2.10 bits per heavy atom. The van der Waals surface area contributed by atoms with Gasteiger partial charge < -0.3 is 0 Å². The van der Waals surface area contributed by atoms with E-state index in [0.717, 1.165) is 12.3 Å².